The quantitative estimate of drug-likeness (QED) is 0.679. The molecule has 2 nitrogen and oxygen atoms in total. The number of aromatic nitrogens is 2. The Morgan fingerprint density at radius 1 is 1.11 bits per heavy atom. The predicted molar refractivity (Wildman–Crippen MR) is 75.5 cm³/mol. The molecule has 1 heterocycles. The van der Waals surface area contributed by atoms with Gasteiger partial charge in [-0.1, -0.05) is 45.4 Å². The highest BCUT2D eigenvalue weighted by molar-refractivity contribution is 5.12. The summed E-state index contributed by atoms with van der Waals surface area (Å²) in [4.78, 5) is 8.44. The van der Waals surface area contributed by atoms with Gasteiger partial charge in [0, 0.05) is 12.4 Å². The molecule has 0 N–H and O–H groups in total. The smallest absolute Gasteiger partial charge is 0.115 e. The number of hydrogen-bond donors (Lipinski definition) is 0. The van der Waals surface area contributed by atoms with Crippen LogP contribution in [0.5, 0.6) is 0 Å². The predicted octanol–water partition coefficient (Wildman–Crippen LogP) is 4.72. The van der Waals surface area contributed by atoms with Crippen molar-refractivity contribution in [2.24, 2.45) is 5.92 Å². The van der Waals surface area contributed by atoms with Gasteiger partial charge in [0.15, 0.2) is 0 Å². The average Bonchev–Trinajstić information content (AvgIpc) is 2.46. The minimum atomic E-state index is 0.707. The molecule has 1 aromatic heterocycles. The lowest BCUT2D eigenvalue weighted by atomic mass is 9.75. The molecule has 18 heavy (non-hydrogen) atoms. The Bertz CT molecular complexity index is 317. The SMILES string of the molecule is CCCCCC(c1cncnc1)C1CCCCC1. The highest BCUT2D eigenvalue weighted by Crippen LogP contribution is 2.38. The highest BCUT2D eigenvalue weighted by atomic mass is 14.8. The van der Waals surface area contributed by atoms with Gasteiger partial charge < -0.3 is 0 Å². The van der Waals surface area contributed by atoms with Gasteiger partial charge in [0.05, 0.1) is 0 Å². The van der Waals surface area contributed by atoms with E-state index in [0.29, 0.717) is 5.92 Å². The van der Waals surface area contributed by atoms with Gasteiger partial charge in [-0.3, -0.25) is 0 Å². The van der Waals surface area contributed by atoms with Crippen molar-refractivity contribution >= 4 is 0 Å². The number of nitrogens with zero attached hydrogens (tertiary/aromatic N) is 2. The second-order valence-corrected chi connectivity index (χ2v) is 5.67. The summed E-state index contributed by atoms with van der Waals surface area (Å²) in [6, 6.07) is 0. The van der Waals surface area contributed by atoms with E-state index in [-0.39, 0.29) is 0 Å². The molecule has 2 rings (SSSR count). The van der Waals surface area contributed by atoms with Crippen LogP contribution in [0.1, 0.15) is 76.2 Å². The molecule has 1 aliphatic rings. The Labute approximate surface area is 111 Å². The van der Waals surface area contributed by atoms with Gasteiger partial charge in [-0.05, 0) is 36.7 Å². The number of unbranched alkanes of at least 4 members (excludes halogenated alkanes) is 2. The van der Waals surface area contributed by atoms with E-state index in [1.165, 1.54) is 63.4 Å². The van der Waals surface area contributed by atoms with Crippen molar-refractivity contribution in [3.63, 3.8) is 0 Å². The Hall–Kier alpha value is -0.920. The first-order valence-corrected chi connectivity index (χ1v) is 7.66. The zero-order valence-electron chi connectivity index (χ0n) is 11.6. The number of hydrogen-bond acceptors (Lipinski definition) is 2. The molecule has 100 valence electrons. The number of rotatable bonds is 6. The molecule has 1 fully saturated rings. The Balaban J connectivity index is 2.01. The third kappa shape index (κ3) is 3.79. The Kier molecular flexibility index (Phi) is 5.63. The Morgan fingerprint density at radius 3 is 2.50 bits per heavy atom. The van der Waals surface area contributed by atoms with E-state index >= 15 is 0 Å². The summed E-state index contributed by atoms with van der Waals surface area (Å²) in [5.41, 5.74) is 1.38. The van der Waals surface area contributed by atoms with Crippen molar-refractivity contribution in [3.8, 4) is 0 Å². The van der Waals surface area contributed by atoms with E-state index in [9.17, 15) is 0 Å². The normalized spacial score (nSPS) is 18.7. The maximum atomic E-state index is 4.22. The van der Waals surface area contributed by atoms with Gasteiger partial charge in [0.25, 0.3) is 0 Å². The van der Waals surface area contributed by atoms with Gasteiger partial charge in [-0.15, -0.1) is 0 Å². The van der Waals surface area contributed by atoms with Crippen molar-refractivity contribution in [2.75, 3.05) is 0 Å². The molecule has 0 amide bonds. The van der Waals surface area contributed by atoms with E-state index in [0.717, 1.165) is 5.92 Å². The van der Waals surface area contributed by atoms with Crippen molar-refractivity contribution in [2.45, 2.75) is 70.6 Å². The summed E-state index contributed by atoms with van der Waals surface area (Å²) in [5.74, 6) is 1.58. The standard InChI is InChI=1S/C16H26N2/c1-2-3-5-10-16(14-8-6-4-7-9-14)15-11-17-13-18-12-15/h11-14,16H,2-10H2,1H3. The second-order valence-electron chi connectivity index (χ2n) is 5.67. The molecule has 2 heteroatoms. The van der Waals surface area contributed by atoms with Crippen LogP contribution in [0.4, 0.5) is 0 Å². The van der Waals surface area contributed by atoms with Crippen LogP contribution in [0.15, 0.2) is 18.7 Å². The molecule has 1 aliphatic carbocycles. The van der Waals surface area contributed by atoms with E-state index in [4.69, 9.17) is 0 Å². The molecule has 1 aromatic rings. The molecular formula is C16H26N2. The lowest BCUT2D eigenvalue weighted by molar-refractivity contribution is 0.289. The summed E-state index contributed by atoms with van der Waals surface area (Å²) < 4.78 is 0. The summed E-state index contributed by atoms with van der Waals surface area (Å²) in [5, 5.41) is 0. The maximum Gasteiger partial charge on any atom is 0.115 e. The third-order valence-electron chi connectivity index (χ3n) is 4.35. The maximum absolute atomic E-state index is 4.22. The molecule has 0 aromatic carbocycles. The van der Waals surface area contributed by atoms with Crippen molar-refractivity contribution in [1.29, 1.82) is 0 Å². The fourth-order valence-electron chi connectivity index (χ4n) is 3.33. The van der Waals surface area contributed by atoms with Crippen LogP contribution in [0.2, 0.25) is 0 Å². The van der Waals surface area contributed by atoms with Gasteiger partial charge in [0.1, 0.15) is 6.33 Å². The highest BCUT2D eigenvalue weighted by Gasteiger charge is 2.24. The van der Waals surface area contributed by atoms with Gasteiger partial charge in [-0.25, -0.2) is 9.97 Å². The second kappa shape index (κ2) is 7.50. The summed E-state index contributed by atoms with van der Waals surface area (Å²) in [7, 11) is 0. The molecule has 0 spiro atoms. The minimum absolute atomic E-state index is 0.707. The first-order valence-electron chi connectivity index (χ1n) is 7.66. The molecule has 1 unspecified atom stereocenters. The molecule has 0 aliphatic heterocycles. The van der Waals surface area contributed by atoms with E-state index in [1.54, 1.807) is 6.33 Å². The average molecular weight is 246 g/mol. The van der Waals surface area contributed by atoms with Gasteiger partial charge >= 0.3 is 0 Å². The molecule has 0 saturated heterocycles. The molecule has 1 atom stereocenters. The largest absolute Gasteiger partial charge is 0.245 e. The van der Waals surface area contributed by atoms with E-state index in [2.05, 4.69) is 16.9 Å². The Morgan fingerprint density at radius 2 is 1.83 bits per heavy atom. The van der Waals surface area contributed by atoms with Crippen LogP contribution in [-0.4, -0.2) is 9.97 Å². The van der Waals surface area contributed by atoms with Gasteiger partial charge in [0.2, 0.25) is 0 Å². The van der Waals surface area contributed by atoms with E-state index < -0.39 is 0 Å². The molecule has 0 bridgehead atoms. The fraction of sp³-hybridized carbons (Fsp3) is 0.750. The lowest BCUT2D eigenvalue weighted by Gasteiger charge is -2.30. The van der Waals surface area contributed by atoms with Crippen LogP contribution < -0.4 is 0 Å². The van der Waals surface area contributed by atoms with Crippen LogP contribution >= 0.6 is 0 Å². The first kappa shape index (κ1) is 13.5. The topological polar surface area (TPSA) is 25.8 Å². The van der Waals surface area contributed by atoms with Crippen molar-refractivity contribution in [3.05, 3.63) is 24.3 Å². The summed E-state index contributed by atoms with van der Waals surface area (Å²) in [6.07, 6.45) is 18.2. The summed E-state index contributed by atoms with van der Waals surface area (Å²) >= 11 is 0. The first-order chi connectivity index (χ1) is 8.92. The lowest BCUT2D eigenvalue weighted by Crippen LogP contribution is -2.17. The molecule has 0 radical (unpaired) electrons. The van der Waals surface area contributed by atoms with Crippen LogP contribution in [0.25, 0.3) is 0 Å². The van der Waals surface area contributed by atoms with Gasteiger partial charge in [-0.2, -0.15) is 0 Å². The molecular weight excluding hydrogens is 220 g/mol. The zero-order valence-corrected chi connectivity index (χ0v) is 11.6. The van der Waals surface area contributed by atoms with E-state index in [1.807, 2.05) is 12.4 Å². The minimum Gasteiger partial charge on any atom is -0.245 e. The monoisotopic (exact) mass is 246 g/mol. The zero-order chi connectivity index (χ0) is 12.6. The third-order valence-corrected chi connectivity index (χ3v) is 4.35. The summed E-state index contributed by atoms with van der Waals surface area (Å²) in [6.45, 7) is 2.28. The van der Waals surface area contributed by atoms with Crippen LogP contribution in [-0.2, 0) is 0 Å². The van der Waals surface area contributed by atoms with Crippen LogP contribution in [0, 0.1) is 5.92 Å². The fourth-order valence-corrected chi connectivity index (χ4v) is 3.33. The molecule has 1 saturated carbocycles. The van der Waals surface area contributed by atoms with Crippen molar-refractivity contribution < 1.29 is 0 Å². The van der Waals surface area contributed by atoms with Crippen LogP contribution in [0.3, 0.4) is 0 Å². The van der Waals surface area contributed by atoms with Crippen molar-refractivity contribution in [1.82, 2.24) is 9.97 Å².